The zero-order valence-electron chi connectivity index (χ0n) is 25.6. The summed E-state index contributed by atoms with van der Waals surface area (Å²) in [5.41, 5.74) is 12.4. The molecule has 2 aliphatic rings. The van der Waals surface area contributed by atoms with E-state index in [1.807, 2.05) is 0 Å². The summed E-state index contributed by atoms with van der Waals surface area (Å²) >= 11 is -2.30. The summed E-state index contributed by atoms with van der Waals surface area (Å²) in [5.74, 6) is 0. The molecule has 0 amide bonds. The number of hydrogen-bond acceptors (Lipinski definition) is 0. The second kappa shape index (κ2) is 10.4. The molecule has 0 saturated carbocycles. The summed E-state index contributed by atoms with van der Waals surface area (Å²) in [7, 11) is 0. The zero-order valence-corrected chi connectivity index (χ0v) is 28.0. The van der Waals surface area contributed by atoms with Crippen molar-refractivity contribution in [1.82, 2.24) is 0 Å². The van der Waals surface area contributed by atoms with E-state index in [-0.39, 0.29) is 16.2 Å². The predicted octanol–water partition coefficient (Wildman–Crippen LogP) is 10.3. The minimum atomic E-state index is -2.30. The molecule has 5 rings (SSSR count). The third-order valence-electron chi connectivity index (χ3n) is 8.57. The molecular formula is C38H46Zr. The molecule has 0 nitrogen and oxygen atoms in total. The topological polar surface area (TPSA) is 0 Å². The normalized spacial score (nSPS) is 16.2. The molecule has 0 radical (unpaired) electrons. The van der Waals surface area contributed by atoms with Crippen molar-refractivity contribution in [2.45, 2.75) is 89.6 Å². The Morgan fingerprint density at radius 3 is 1.69 bits per heavy atom. The van der Waals surface area contributed by atoms with Crippen LogP contribution in [-0.2, 0) is 38.5 Å². The fourth-order valence-electron chi connectivity index (χ4n) is 6.04. The first kappa shape index (κ1) is 28.4. The van der Waals surface area contributed by atoms with Gasteiger partial charge in [0.25, 0.3) is 0 Å². The van der Waals surface area contributed by atoms with Crippen LogP contribution in [0.15, 0.2) is 87.7 Å². The average Bonchev–Trinajstić information content (AvgIpc) is 3.47. The van der Waals surface area contributed by atoms with Crippen LogP contribution in [0.2, 0.25) is 0 Å². The predicted molar refractivity (Wildman–Crippen MR) is 168 cm³/mol. The maximum atomic E-state index is 2.81. The number of benzene rings is 3. The number of allylic oxidation sites excluding steroid dienone is 4. The van der Waals surface area contributed by atoms with Crippen LogP contribution in [0.25, 0.3) is 11.1 Å². The molecule has 0 aliphatic heterocycles. The van der Waals surface area contributed by atoms with Gasteiger partial charge in [-0.1, -0.05) is 0 Å². The Hall–Kier alpha value is -2.11. The Labute approximate surface area is 245 Å². The van der Waals surface area contributed by atoms with Crippen LogP contribution in [0.3, 0.4) is 0 Å². The van der Waals surface area contributed by atoms with E-state index in [1.165, 1.54) is 33.4 Å². The second-order valence-corrected chi connectivity index (χ2v) is 20.9. The molecule has 3 aromatic rings. The van der Waals surface area contributed by atoms with Gasteiger partial charge in [-0.3, -0.25) is 0 Å². The van der Waals surface area contributed by atoms with E-state index < -0.39 is 21.3 Å². The Morgan fingerprint density at radius 2 is 1.23 bits per heavy atom. The van der Waals surface area contributed by atoms with Gasteiger partial charge in [0.1, 0.15) is 0 Å². The van der Waals surface area contributed by atoms with E-state index in [1.54, 1.807) is 14.4 Å². The third kappa shape index (κ3) is 5.86. The molecule has 0 atom stereocenters. The third-order valence-corrected chi connectivity index (χ3v) is 15.9. The molecule has 0 N–H and O–H groups in total. The number of fused-ring (bicyclic) bond motifs is 3. The number of rotatable bonds is 4. The second-order valence-electron chi connectivity index (χ2n) is 14.7. The van der Waals surface area contributed by atoms with Gasteiger partial charge in [-0.15, -0.1) is 0 Å². The van der Waals surface area contributed by atoms with Gasteiger partial charge in [-0.05, 0) is 0 Å². The monoisotopic (exact) mass is 592 g/mol. The molecular weight excluding hydrogens is 548 g/mol. The van der Waals surface area contributed by atoms with Crippen molar-refractivity contribution in [2.75, 3.05) is 0 Å². The summed E-state index contributed by atoms with van der Waals surface area (Å²) < 4.78 is 5.09. The van der Waals surface area contributed by atoms with Crippen LogP contribution in [0.1, 0.15) is 100 Å². The first-order valence-electron chi connectivity index (χ1n) is 14.7. The van der Waals surface area contributed by atoms with Crippen molar-refractivity contribution in [3.8, 4) is 11.1 Å². The molecule has 0 heterocycles. The molecule has 0 saturated heterocycles. The first-order chi connectivity index (χ1) is 18.2. The molecule has 0 bridgehead atoms. The van der Waals surface area contributed by atoms with E-state index >= 15 is 0 Å². The van der Waals surface area contributed by atoms with Gasteiger partial charge in [0.05, 0.1) is 0 Å². The standard InChI is InChI=1S/C21H25.C9H13.C8H8.Zr/c1-20(2,3)16-9-7-14-11-15-8-10-17(21(4,5)6)13-19(15)18(14)12-16;1-9(2,3)8-6-4-5-7-8;1-2-8-6-4-3-5-7-8;/h7-13H,1-6H3;6-7H,4H2,1-3H3;1,3-7H,2H2;. The Kier molecular flexibility index (Phi) is 7.56. The summed E-state index contributed by atoms with van der Waals surface area (Å²) in [6, 6.07) is 26.0. The molecule has 0 fully saturated rings. The molecule has 0 aromatic heterocycles. The Morgan fingerprint density at radius 1 is 0.692 bits per heavy atom. The molecule has 202 valence electrons. The van der Waals surface area contributed by atoms with Crippen molar-refractivity contribution < 1.29 is 21.3 Å². The van der Waals surface area contributed by atoms with Crippen molar-refractivity contribution in [1.29, 1.82) is 0 Å². The fourth-order valence-corrected chi connectivity index (χ4v) is 13.8. The molecule has 3 aromatic carbocycles. The first-order valence-corrected chi connectivity index (χ1v) is 18.7. The van der Waals surface area contributed by atoms with Crippen LogP contribution in [0, 0.1) is 5.41 Å². The molecule has 1 heteroatoms. The van der Waals surface area contributed by atoms with Crippen LogP contribution in [0.5, 0.6) is 0 Å². The van der Waals surface area contributed by atoms with E-state index in [4.69, 9.17) is 0 Å². The van der Waals surface area contributed by atoms with Gasteiger partial charge >= 0.3 is 247 Å². The summed E-state index contributed by atoms with van der Waals surface area (Å²) in [4.78, 5) is 0. The number of hydrogen-bond donors (Lipinski definition) is 0. The fraction of sp³-hybridized carbons (Fsp3) is 0.395. The van der Waals surface area contributed by atoms with Crippen molar-refractivity contribution in [3.05, 3.63) is 116 Å². The zero-order chi connectivity index (χ0) is 28.2. The van der Waals surface area contributed by atoms with E-state index in [0.717, 1.165) is 12.8 Å². The van der Waals surface area contributed by atoms with Gasteiger partial charge in [0.2, 0.25) is 0 Å². The SMILES string of the molecule is CC(C)(C)C1=CC[C]([Zr](=[CH]Cc2ccccc2)[CH]2c3ccc(C(C)(C)C)cc3-c3cc(C(C)(C)C)ccc32)=C1. The van der Waals surface area contributed by atoms with Gasteiger partial charge in [-0.25, -0.2) is 0 Å². The van der Waals surface area contributed by atoms with Gasteiger partial charge < -0.3 is 0 Å². The molecule has 2 aliphatic carbocycles. The molecule has 0 unspecified atom stereocenters. The Balaban J connectivity index is 1.71. The van der Waals surface area contributed by atoms with Gasteiger partial charge in [0.15, 0.2) is 0 Å². The van der Waals surface area contributed by atoms with Gasteiger partial charge in [0, 0.05) is 0 Å². The van der Waals surface area contributed by atoms with Crippen molar-refractivity contribution in [3.63, 3.8) is 0 Å². The van der Waals surface area contributed by atoms with Crippen LogP contribution in [0.4, 0.5) is 0 Å². The van der Waals surface area contributed by atoms with Crippen LogP contribution < -0.4 is 0 Å². The molecule has 39 heavy (non-hydrogen) atoms. The van der Waals surface area contributed by atoms with E-state index in [9.17, 15) is 0 Å². The summed E-state index contributed by atoms with van der Waals surface area (Å²) in [6.45, 7) is 21.1. The van der Waals surface area contributed by atoms with Crippen LogP contribution >= 0.6 is 0 Å². The minimum absolute atomic E-state index is 0.134. The van der Waals surface area contributed by atoms with Crippen LogP contribution in [-0.4, -0.2) is 3.71 Å². The maximum absolute atomic E-state index is 2.81. The van der Waals surface area contributed by atoms with Crippen molar-refractivity contribution in [2.24, 2.45) is 5.41 Å². The summed E-state index contributed by atoms with van der Waals surface area (Å²) in [5, 5.41) is 0. The van der Waals surface area contributed by atoms with Crippen molar-refractivity contribution >= 4 is 3.71 Å². The van der Waals surface area contributed by atoms with Gasteiger partial charge in [-0.2, -0.15) is 0 Å². The van der Waals surface area contributed by atoms with E-state index in [2.05, 4.69) is 145 Å². The van der Waals surface area contributed by atoms with E-state index in [0.29, 0.717) is 3.63 Å². The Bertz CT molecular complexity index is 1410. The average molecular weight is 594 g/mol. The molecule has 0 spiro atoms. The quantitative estimate of drug-likeness (QED) is 0.282. The summed E-state index contributed by atoms with van der Waals surface area (Å²) in [6.07, 6.45) is 7.34.